The maximum atomic E-state index is 6.09. The van der Waals surface area contributed by atoms with E-state index in [9.17, 15) is 0 Å². The van der Waals surface area contributed by atoms with Gasteiger partial charge < -0.3 is 5.73 Å². The first-order valence-corrected chi connectivity index (χ1v) is 5.75. The van der Waals surface area contributed by atoms with Crippen molar-refractivity contribution in [3.63, 3.8) is 0 Å². The van der Waals surface area contributed by atoms with Crippen LogP contribution in [0.3, 0.4) is 0 Å². The van der Waals surface area contributed by atoms with Crippen molar-refractivity contribution < 1.29 is 0 Å². The predicted octanol–water partition coefficient (Wildman–Crippen LogP) is 2.34. The van der Waals surface area contributed by atoms with Gasteiger partial charge in [-0.2, -0.15) is 0 Å². The van der Waals surface area contributed by atoms with Gasteiger partial charge in [-0.25, -0.2) is 9.97 Å². The molecule has 0 aliphatic heterocycles. The summed E-state index contributed by atoms with van der Waals surface area (Å²) in [6.07, 6.45) is 4.22. The molecule has 1 heterocycles. The smallest absolute Gasteiger partial charge is 0.145 e. The third-order valence-corrected chi connectivity index (χ3v) is 2.94. The van der Waals surface area contributed by atoms with Gasteiger partial charge in [0.1, 0.15) is 5.82 Å². The third-order valence-electron chi connectivity index (χ3n) is 2.94. The van der Waals surface area contributed by atoms with Gasteiger partial charge in [0.15, 0.2) is 0 Å². The van der Waals surface area contributed by atoms with Crippen LogP contribution in [0.1, 0.15) is 28.6 Å². The average molecular weight is 227 g/mol. The Hall–Kier alpha value is -1.74. The summed E-state index contributed by atoms with van der Waals surface area (Å²) in [5.74, 6) is 0.700. The molecule has 2 N–H and O–H groups in total. The van der Waals surface area contributed by atoms with Gasteiger partial charge in [0.25, 0.3) is 0 Å². The summed E-state index contributed by atoms with van der Waals surface area (Å²) < 4.78 is 0. The SMILES string of the molecule is Cc1ccc(CC(N)c2ncccn2)cc1C. The van der Waals surface area contributed by atoms with Crippen molar-refractivity contribution in [3.8, 4) is 0 Å². The van der Waals surface area contributed by atoms with Crippen LogP contribution in [0.25, 0.3) is 0 Å². The predicted molar refractivity (Wildman–Crippen MR) is 68.6 cm³/mol. The molecule has 2 rings (SSSR count). The minimum Gasteiger partial charge on any atom is -0.321 e. The summed E-state index contributed by atoms with van der Waals surface area (Å²) in [6, 6.07) is 8.08. The van der Waals surface area contributed by atoms with Crippen molar-refractivity contribution in [1.82, 2.24) is 9.97 Å². The van der Waals surface area contributed by atoms with Crippen LogP contribution in [0.15, 0.2) is 36.7 Å². The Morgan fingerprint density at radius 2 is 1.82 bits per heavy atom. The topological polar surface area (TPSA) is 51.8 Å². The number of rotatable bonds is 3. The molecule has 1 aromatic heterocycles. The van der Waals surface area contributed by atoms with Gasteiger partial charge in [0.2, 0.25) is 0 Å². The van der Waals surface area contributed by atoms with Crippen LogP contribution < -0.4 is 5.73 Å². The summed E-state index contributed by atoms with van der Waals surface area (Å²) in [5.41, 5.74) is 9.92. The second-order valence-electron chi connectivity index (χ2n) is 4.34. The summed E-state index contributed by atoms with van der Waals surface area (Å²) in [6.45, 7) is 4.22. The van der Waals surface area contributed by atoms with Crippen molar-refractivity contribution in [2.75, 3.05) is 0 Å². The molecule has 1 aromatic carbocycles. The molecular formula is C14H17N3. The lowest BCUT2D eigenvalue weighted by molar-refractivity contribution is 0.666. The van der Waals surface area contributed by atoms with Gasteiger partial charge >= 0.3 is 0 Å². The van der Waals surface area contributed by atoms with Gasteiger partial charge in [0.05, 0.1) is 6.04 Å². The second kappa shape index (κ2) is 5.06. The standard InChI is InChI=1S/C14H17N3/c1-10-4-5-12(8-11(10)2)9-13(15)14-16-6-3-7-17-14/h3-8,13H,9,15H2,1-2H3. The zero-order chi connectivity index (χ0) is 12.3. The molecule has 0 aliphatic carbocycles. The first-order chi connectivity index (χ1) is 8.16. The molecule has 3 nitrogen and oxygen atoms in total. The second-order valence-corrected chi connectivity index (χ2v) is 4.34. The number of hydrogen-bond acceptors (Lipinski definition) is 3. The average Bonchev–Trinajstić information content (AvgIpc) is 2.35. The fourth-order valence-corrected chi connectivity index (χ4v) is 1.78. The van der Waals surface area contributed by atoms with Gasteiger partial charge in [-0.05, 0) is 43.0 Å². The molecule has 17 heavy (non-hydrogen) atoms. The van der Waals surface area contributed by atoms with Gasteiger partial charge in [-0.15, -0.1) is 0 Å². The molecule has 88 valence electrons. The van der Waals surface area contributed by atoms with Crippen LogP contribution >= 0.6 is 0 Å². The molecule has 1 unspecified atom stereocenters. The third kappa shape index (κ3) is 2.88. The van der Waals surface area contributed by atoms with E-state index in [0.717, 1.165) is 6.42 Å². The Morgan fingerprint density at radius 1 is 1.12 bits per heavy atom. The first kappa shape index (κ1) is 11.7. The van der Waals surface area contributed by atoms with Crippen LogP contribution in [0.4, 0.5) is 0 Å². The molecule has 0 bridgehead atoms. The summed E-state index contributed by atoms with van der Waals surface area (Å²) in [4.78, 5) is 8.36. The van der Waals surface area contributed by atoms with E-state index in [1.54, 1.807) is 18.5 Å². The molecule has 0 saturated heterocycles. The summed E-state index contributed by atoms with van der Waals surface area (Å²) in [7, 11) is 0. The van der Waals surface area contributed by atoms with Crippen LogP contribution in [0.2, 0.25) is 0 Å². The van der Waals surface area contributed by atoms with E-state index in [1.165, 1.54) is 16.7 Å². The Balaban J connectivity index is 2.13. The first-order valence-electron chi connectivity index (χ1n) is 5.75. The molecule has 1 atom stereocenters. The lowest BCUT2D eigenvalue weighted by Gasteiger charge is -2.11. The highest BCUT2D eigenvalue weighted by Gasteiger charge is 2.09. The van der Waals surface area contributed by atoms with E-state index in [0.29, 0.717) is 5.82 Å². The van der Waals surface area contributed by atoms with E-state index in [2.05, 4.69) is 42.0 Å². The molecule has 0 spiro atoms. The lowest BCUT2D eigenvalue weighted by Crippen LogP contribution is -2.16. The zero-order valence-corrected chi connectivity index (χ0v) is 10.2. The van der Waals surface area contributed by atoms with Crippen molar-refractivity contribution in [2.24, 2.45) is 5.73 Å². The fourth-order valence-electron chi connectivity index (χ4n) is 1.78. The maximum absolute atomic E-state index is 6.09. The number of aryl methyl sites for hydroxylation is 2. The molecule has 0 fully saturated rings. The van der Waals surface area contributed by atoms with E-state index in [1.807, 2.05) is 0 Å². The molecule has 0 aliphatic rings. The Bertz CT molecular complexity index is 494. The van der Waals surface area contributed by atoms with Gasteiger partial charge in [0, 0.05) is 12.4 Å². The van der Waals surface area contributed by atoms with Crippen molar-refractivity contribution in [2.45, 2.75) is 26.3 Å². The Labute approximate surface area is 102 Å². The number of benzene rings is 1. The fraction of sp³-hybridized carbons (Fsp3) is 0.286. The van der Waals surface area contributed by atoms with Crippen molar-refractivity contribution in [1.29, 1.82) is 0 Å². The quantitative estimate of drug-likeness (QED) is 0.875. The Kier molecular flexibility index (Phi) is 3.49. The van der Waals surface area contributed by atoms with Crippen LogP contribution in [-0.4, -0.2) is 9.97 Å². The molecule has 0 amide bonds. The van der Waals surface area contributed by atoms with Crippen molar-refractivity contribution in [3.05, 3.63) is 59.2 Å². The van der Waals surface area contributed by atoms with E-state index < -0.39 is 0 Å². The monoisotopic (exact) mass is 227 g/mol. The summed E-state index contributed by atoms with van der Waals surface area (Å²) in [5, 5.41) is 0. The van der Waals surface area contributed by atoms with Crippen LogP contribution in [0.5, 0.6) is 0 Å². The van der Waals surface area contributed by atoms with Crippen LogP contribution in [-0.2, 0) is 6.42 Å². The molecule has 2 aromatic rings. The minimum atomic E-state index is -0.140. The molecule has 0 radical (unpaired) electrons. The summed E-state index contributed by atoms with van der Waals surface area (Å²) >= 11 is 0. The number of aromatic nitrogens is 2. The maximum Gasteiger partial charge on any atom is 0.145 e. The zero-order valence-electron chi connectivity index (χ0n) is 10.2. The normalized spacial score (nSPS) is 12.4. The van der Waals surface area contributed by atoms with E-state index in [-0.39, 0.29) is 6.04 Å². The van der Waals surface area contributed by atoms with Gasteiger partial charge in [-0.3, -0.25) is 0 Å². The minimum absolute atomic E-state index is 0.140. The van der Waals surface area contributed by atoms with Crippen LogP contribution in [0, 0.1) is 13.8 Å². The van der Waals surface area contributed by atoms with Crippen molar-refractivity contribution >= 4 is 0 Å². The van der Waals surface area contributed by atoms with Gasteiger partial charge in [-0.1, -0.05) is 18.2 Å². The highest BCUT2D eigenvalue weighted by molar-refractivity contribution is 5.30. The number of nitrogens with two attached hydrogens (primary N) is 1. The van der Waals surface area contributed by atoms with E-state index in [4.69, 9.17) is 5.73 Å². The molecular weight excluding hydrogens is 210 g/mol. The largest absolute Gasteiger partial charge is 0.321 e. The highest BCUT2D eigenvalue weighted by atomic mass is 14.9. The lowest BCUT2D eigenvalue weighted by atomic mass is 10.0. The molecule has 3 heteroatoms. The number of hydrogen-bond donors (Lipinski definition) is 1. The number of nitrogens with zero attached hydrogens (tertiary/aromatic N) is 2. The van der Waals surface area contributed by atoms with E-state index >= 15 is 0 Å². The Morgan fingerprint density at radius 3 is 2.47 bits per heavy atom. The highest BCUT2D eigenvalue weighted by Crippen LogP contribution is 2.15. The molecule has 0 saturated carbocycles.